The zero-order chi connectivity index (χ0) is 11.5. The minimum atomic E-state index is -0.261. The van der Waals surface area contributed by atoms with Gasteiger partial charge < -0.3 is 10.2 Å². The van der Waals surface area contributed by atoms with E-state index in [9.17, 15) is 0 Å². The number of halogens is 1. The van der Waals surface area contributed by atoms with Crippen LogP contribution in [0.5, 0.6) is 5.88 Å². The van der Waals surface area contributed by atoms with E-state index in [1.807, 2.05) is 13.8 Å². The number of ether oxygens (including phenoxy) is 1. The molecule has 3 N–H and O–H groups in total. The van der Waals surface area contributed by atoms with E-state index in [2.05, 4.69) is 38.2 Å². The molecule has 15 heavy (non-hydrogen) atoms. The van der Waals surface area contributed by atoms with E-state index in [1.165, 1.54) is 6.33 Å². The van der Waals surface area contributed by atoms with E-state index < -0.39 is 0 Å². The summed E-state index contributed by atoms with van der Waals surface area (Å²) in [6.07, 6.45) is 2.29. The molecular formula is C9H15BrN4O. The summed E-state index contributed by atoms with van der Waals surface area (Å²) in [5.74, 6) is 6.29. The molecule has 0 amide bonds. The van der Waals surface area contributed by atoms with Crippen LogP contribution in [0.15, 0.2) is 10.8 Å². The highest BCUT2D eigenvalue weighted by molar-refractivity contribution is 9.10. The number of hydrogen-bond acceptors (Lipinski definition) is 5. The predicted molar refractivity (Wildman–Crippen MR) is 62.5 cm³/mol. The van der Waals surface area contributed by atoms with Gasteiger partial charge in [-0.3, -0.25) is 0 Å². The van der Waals surface area contributed by atoms with Crippen molar-refractivity contribution in [2.45, 2.75) is 32.8 Å². The van der Waals surface area contributed by atoms with Gasteiger partial charge in [0.05, 0.1) is 0 Å². The smallest absolute Gasteiger partial charge is 0.233 e. The van der Waals surface area contributed by atoms with Crippen molar-refractivity contribution in [1.82, 2.24) is 9.97 Å². The first-order valence-corrected chi connectivity index (χ1v) is 5.45. The number of aromatic nitrogens is 2. The zero-order valence-electron chi connectivity index (χ0n) is 9.04. The lowest BCUT2D eigenvalue weighted by molar-refractivity contribution is 0.0978. The molecule has 0 saturated carbocycles. The first-order valence-electron chi connectivity index (χ1n) is 4.66. The van der Waals surface area contributed by atoms with Crippen molar-refractivity contribution in [3.63, 3.8) is 0 Å². The first-order chi connectivity index (χ1) is 7.00. The summed E-state index contributed by atoms with van der Waals surface area (Å²) in [7, 11) is 0. The molecule has 0 unspecified atom stereocenters. The van der Waals surface area contributed by atoms with Gasteiger partial charge in [-0.2, -0.15) is 0 Å². The van der Waals surface area contributed by atoms with Crippen molar-refractivity contribution in [1.29, 1.82) is 0 Å². The number of nitrogen functional groups attached to an aromatic ring is 1. The molecule has 84 valence electrons. The van der Waals surface area contributed by atoms with E-state index >= 15 is 0 Å². The molecule has 5 nitrogen and oxygen atoms in total. The summed E-state index contributed by atoms with van der Waals surface area (Å²) in [6.45, 7) is 6.05. The molecule has 0 saturated heterocycles. The van der Waals surface area contributed by atoms with E-state index in [1.54, 1.807) is 0 Å². The van der Waals surface area contributed by atoms with Crippen LogP contribution in [-0.2, 0) is 0 Å². The van der Waals surface area contributed by atoms with Gasteiger partial charge in [-0.1, -0.05) is 6.92 Å². The largest absolute Gasteiger partial charge is 0.471 e. The molecule has 0 aliphatic carbocycles. The fraction of sp³-hybridized carbons (Fsp3) is 0.556. The molecule has 6 heteroatoms. The predicted octanol–water partition coefficient (Wildman–Crippen LogP) is 2.09. The quantitative estimate of drug-likeness (QED) is 0.650. The highest BCUT2D eigenvalue weighted by Crippen LogP contribution is 2.30. The molecule has 0 aromatic carbocycles. The van der Waals surface area contributed by atoms with Gasteiger partial charge >= 0.3 is 0 Å². The van der Waals surface area contributed by atoms with Crippen LogP contribution in [0.3, 0.4) is 0 Å². The van der Waals surface area contributed by atoms with E-state index in [4.69, 9.17) is 10.6 Å². The Labute approximate surface area is 97.5 Å². The van der Waals surface area contributed by atoms with Crippen LogP contribution in [0.4, 0.5) is 5.82 Å². The summed E-state index contributed by atoms with van der Waals surface area (Å²) in [5, 5.41) is 0. The Kier molecular flexibility index (Phi) is 3.87. The van der Waals surface area contributed by atoms with Crippen molar-refractivity contribution in [3.05, 3.63) is 10.8 Å². The Morgan fingerprint density at radius 2 is 2.20 bits per heavy atom. The molecule has 1 aromatic heterocycles. The maximum Gasteiger partial charge on any atom is 0.233 e. The minimum Gasteiger partial charge on any atom is -0.471 e. The standard InChI is InChI=1S/C9H15BrN4O/c1-4-9(2,3)15-8-6(10)7(14-11)12-5-13-8/h5H,4,11H2,1-3H3,(H,12,13,14). The van der Waals surface area contributed by atoms with Crippen LogP contribution in [0.25, 0.3) is 0 Å². The molecule has 1 rings (SSSR count). The van der Waals surface area contributed by atoms with Crippen LogP contribution in [0.1, 0.15) is 27.2 Å². The number of anilines is 1. The number of nitrogens with one attached hydrogen (secondary N) is 1. The Morgan fingerprint density at radius 3 is 2.73 bits per heavy atom. The SMILES string of the molecule is CCC(C)(C)Oc1ncnc(NN)c1Br. The summed E-state index contributed by atoms with van der Waals surface area (Å²) in [6, 6.07) is 0. The van der Waals surface area contributed by atoms with Crippen molar-refractivity contribution in [2.24, 2.45) is 5.84 Å². The second kappa shape index (κ2) is 4.76. The second-order valence-electron chi connectivity index (χ2n) is 3.70. The molecule has 1 aromatic rings. The van der Waals surface area contributed by atoms with Gasteiger partial charge in [-0.25, -0.2) is 15.8 Å². The van der Waals surface area contributed by atoms with Crippen LogP contribution in [0, 0.1) is 0 Å². The van der Waals surface area contributed by atoms with E-state index in [0.29, 0.717) is 16.2 Å². The van der Waals surface area contributed by atoms with Crippen molar-refractivity contribution < 1.29 is 4.74 Å². The van der Waals surface area contributed by atoms with Gasteiger partial charge in [0.2, 0.25) is 5.88 Å². The van der Waals surface area contributed by atoms with E-state index in [0.717, 1.165) is 6.42 Å². The van der Waals surface area contributed by atoms with Gasteiger partial charge in [0.1, 0.15) is 16.4 Å². The second-order valence-corrected chi connectivity index (χ2v) is 4.49. The lowest BCUT2D eigenvalue weighted by Gasteiger charge is -2.24. The number of rotatable bonds is 4. The highest BCUT2D eigenvalue weighted by Gasteiger charge is 2.20. The van der Waals surface area contributed by atoms with Crippen LogP contribution < -0.4 is 16.0 Å². The number of hydrazine groups is 1. The lowest BCUT2D eigenvalue weighted by atomic mass is 10.1. The number of nitrogens with two attached hydrogens (primary N) is 1. The molecule has 0 aliphatic rings. The van der Waals surface area contributed by atoms with Gasteiger partial charge in [-0.05, 0) is 36.2 Å². The van der Waals surface area contributed by atoms with Crippen molar-refractivity contribution >= 4 is 21.7 Å². The molecule has 0 aliphatic heterocycles. The summed E-state index contributed by atoms with van der Waals surface area (Å²) in [5.41, 5.74) is 2.20. The monoisotopic (exact) mass is 274 g/mol. The molecule has 0 radical (unpaired) electrons. The molecular weight excluding hydrogens is 260 g/mol. The third kappa shape index (κ3) is 3.04. The third-order valence-corrected chi connectivity index (χ3v) is 2.83. The fourth-order valence-electron chi connectivity index (χ4n) is 0.859. The third-order valence-electron chi connectivity index (χ3n) is 2.12. The average molecular weight is 275 g/mol. The van der Waals surface area contributed by atoms with Crippen molar-refractivity contribution in [2.75, 3.05) is 5.43 Å². The molecule has 0 spiro atoms. The van der Waals surface area contributed by atoms with Gasteiger partial charge in [0.25, 0.3) is 0 Å². The maximum absolute atomic E-state index is 5.73. The topological polar surface area (TPSA) is 73.1 Å². The first kappa shape index (κ1) is 12.2. The van der Waals surface area contributed by atoms with Crippen molar-refractivity contribution in [3.8, 4) is 5.88 Å². The van der Waals surface area contributed by atoms with E-state index in [-0.39, 0.29) is 5.60 Å². The molecule has 1 heterocycles. The molecule has 0 fully saturated rings. The fourth-order valence-corrected chi connectivity index (χ4v) is 1.26. The highest BCUT2D eigenvalue weighted by atomic mass is 79.9. The summed E-state index contributed by atoms with van der Waals surface area (Å²) >= 11 is 3.33. The Bertz CT molecular complexity index is 343. The van der Waals surface area contributed by atoms with Gasteiger partial charge in [0, 0.05) is 0 Å². The summed E-state index contributed by atoms with van der Waals surface area (Å²) < 4.78 is 6.36. The Morgan fingerprint density at radius 1 is 1.53 bits per heavy atom. The molecule has 0 bridgehead atoms. The average Bonchev–Trinajstić information content (AvgIpc) is 2.21. The van der Waals surface area contributed by atoms with Crippen LogP contribution in [0.2, 0.25) is 0 Å². The Balaban J connectivity index is 2.95. The minimum absolute atomic E-state index is 0.261. The lowest BCUT2D eigenvalue weighted by Crippen LogP contribution is -2.27. The molecule has 0 atom stereocenters. The van der Waals surface area contributed by atoms with Gasteiger partial charge in [-0.15, -0.1) is 0 Å². The number of nitrogens with zero attached hydrogens (tertiary/aromatic N) is 2. The zero-order valence-corrected chi connectivity index (χ0v) is 10.6. The number of hydrogen-bond donors (Lipinski definition) is 2. The maximum atomic E-state index is 5.73. The van der Waals surface area contributed by atoms with Gasteiger partial charge in [0.15, 0.2) is 5.82 Å². The van der Waals surface area contributed by atoms with Crippen LogP contribution in [-0.4, -0.2) is 15.6 Å². The normalized spacial score (nSPS) is 11.3. The Hall–Kier alpha value is -0.880. The van der Waals surface area contributed by atoms with Crippen LogP contribution >= 0.6 is 15.9 Å². The summed E-state index contributed by atoms with van der Waals surface area (Å²) in [4.78, 5) is 7.98.